The van der Waals surface area contributed by atoms with E-state index in [-0.39, 0.29) is 18.3 Å². The quantitative estimate of drug-likeness (QED) is 0.860. The number of hydrogen-bond donors (Lipinski definition) is 0. The molecule has 1 aromatic carbocycles. The molecule has 0 saturated heterocycles. The topological polar surface area (TPSA) is 29.5 Å². The Hall–Kier alpha value is -1.46. The van der Waals surface area contributed by atoms with Crippen LogP contribution in [0.15, 0.2) is 18.2 Å². The third-order valence-electron chi connectivity index (χ3n) is 3.07. The second-order valence-corrected chi connectivity index (χ2v) is 5.33. The first-order valence-corrected chi connectivity index (χ1v) is 6.86. The fraction of sp³-hybridized carbons (Fsp3) is 0.357. The van der Waals surface area contributed by atoms with Gasteiger partial charge in [-0.2, -0.15) is 0 Å². The molecule has 1 amide bonds. The molecule has 1 heterocycles. The predicted molar refractivity (Wildman–Crippen MR) is 75.1 cm³/mol. The standard InChI is InChI=1S/C14H16FNO2S/c1-4-16(2)14(17)13-9(8-18-3)12-10(15)6-5-7-11(12)19-13/h5-7H,4,8H2,1-3H3. The molecule has 102 valence electrons. The lowest BCUT2D eigenvalue weighted by Gasteiger charge is -2.14. The van der Waals surface area contributed by atoms with Crippen LogP contribution in [0, 0.1) is 5.82 Å². The molecule has 19 heavy (non-hydrogen) atoms. The highest BCUT2D eigenvalue weighted by atomic mass is 32.1. The Labute approximate surface area is 115 Å². The molecule has 0 aliphatic rings. The largest absolute Gasteiger partial charge is 0.380 e. The maximum Gasteiger partial charge on any atom is 0.264 e. The molecule has 0 spiro atoms. The monoisotopic (exact) mass is 281 g/mol. The SMILES string of the molecule is CCN(C)C(=O)c1sc2cccc(F)c2c1COC. The Kier molecular flexibility index (Phi) is 4.17. The highest BCUT2D eigenvalue weighted by molar-refractivity contribution is 7.21. The highest BCUT2D eigenvalue weighted by Crippen LogP contribution is 2.34. The number of hydrogen-bond acceptors (Lipinski definition) is 3. The molecular weight excluding hydrogens is 265 g/mol. The number of rotatable bonds is 4. The van der Waals surface area contributed by atoms with Crippen molar-refractivity contribution in [3.63, 3.8) is 0 Å². The molecular formula is C14H16FNO2S. The number of thiophene rings is 1. The molecule has 2 rings (SSSR count). The number of amides is 1. The van der Waals surface area contributed by atoms with Crippen LogP contribution in [0.2, 0.25) is 0 Å². The zero-order valence-electron chi connectivity index (χ0n) is 11.2. The number of fused-ring (bicyclic) bond motifs is 1. The van der Waals surface area contributed by atoms with E-state index in [1.54, 1.807) is 25.1 Å². The van der Waals surface area contributed by atoms with Gasteiger partial charge in [-0.25, -0.2) is 4.39 Å². The smallest absolute Gasteiger partial charge is 0.264 e. The number of ether oxygens (including phenoxy) is 1. The lowest BCUT2D eigenvalue weighted by atomic mass is 10.1. The van der Waals surface area contributed by atoms with Gasteiger partial charge in [-0.1, -0.05) is 6.07 Å². The zero-order valence-corrected chi connectivity index (χ0v) is 12.0. The molecule has 0 atom stereocenters. The molecule has 0 unspecified atom stereocenters. The van der Waals surface area contributed by atoms with Gasteiger partial charge in [0.15, 0.2) is 0 Å². The van der Waals surface area contributed by atoms with E-state index in [0.29, 0.717) is 22.4 Å². The molecule has 0 aliphatic heterocycles. The summed E-state index contributed by atoms with van der Waals surface area (Å²) in [5, 5.41) is 0.502. The van der Waals surface area contributed by atoms with Crippen LogP contribution >= 0.6 is 11.3 Å². The van der Waals surface area contributed by atoms with Crippen molar-refractivity contribution in [1.29, 1.82) is 0 Å². The maximum absolute atomic E-state index is 14.0. The van der Waals surface area contributed by atoms with Gasteiger partial charge in [0.2, 0.25) is 0 Å². The van der Waals surface area contributed by atoms with Crippen molar-refractivity contribution in [2.45, 2.75) is 13.5 Å². The van der Waals surface area contributed by atoms with Crippen molar-refractivity contribution in [1.82, 2.24) is 4.90 Å². The Bertz CT molecular complexity index is 609. The van der Waals surface area contributed by atoms with Gasteiger partial charge in [-0.05, 0) is 19.1 Å². The average Bonchev–Trinajstić information content (AvgIpc) is 2.77. The number of methoxy groups -OCH3 is 1. The Morgan fingerprint density at radius 2 is 2.21 bits per heavy atom. The van der Waals surface area contributed by atoms with Crippen LogP contribution in [-0.4, -0.2) is 31.5 Å². The molecule has 0 radical (unpaired) electrons. The van der Waals surface area contributed by atoms with Crippen LogP contribution in [0.3, 0.4) is 0 Å². The van der Waals surface area contributed by atoms with E-state index in [0.717, 1.165) is 4.70 Å². The third-order valence-corrected chi connectivity index (χ3v) is 4.25. The first-order valence-electron chi connectivity index (χ1n) is 6.04. The summed E-state index contributed by atoms with van der Waals surface area (Å²) < 4.78 is 19.9. The van der Waals surface area contributed by atoms with E-state index in [9.17, 15) is 9.18 Å². The summed E-state index contributed by atoms with van der Waals surface area (Å²) in [6.45, 7) is 2.75. The van der Waals surface area contributed by atoms with Crippen molar-refractivity contribution in [2.24, 2.45) is 0 Å². The van der Waals surface area contributed by atoms with Crippen molar-refractivity contribution < 1.29 is 13.9 Å². The third kappa shape index (κ3) is 2.48. The molecule has 2 aromatic rings. The Morgan fingerprint density at radius 3 is 2.84 bits per heavy atom. The lowest BCUT2D eigenvalue weighted by Crippen LogP contribution is -2.26. The summed E-state index contributed by atoms with van der Waals surface area (Å²) in [5.41, 5.74) is 0.644. The van der Waals surface area contributed by atoms with E-state index in [2.05, 4.69) is 0 Å². The van der Waals surface area contributed by atoms with E-state index in [4.69, 9.17) is 4.74 Å². The second kappa shape index (κ2) is 5.67. The van der Waals surface area contributed by atoms with E-state index < -0.39 is 0 Å². The predicted octanol–water partition coefficient (Wildman–Crippen LogP) is 3.28. The van der Waals surface area contributed by atoms with Crippen LogP contribution in [-0.2, 0) is 11.3 Å². The van der Waals surface area contributed by atoms with Gasteiger partial charge in [0.25, 0.3) is 5.91 Å². The number of carbonyl (C=O) groups excluding carboxylic acids is 1. The first-order chi connectivity index (χ1) is 9.10. The minimum absolute atomic E-state index is 0.0878. The second-order valence-electron chi connectivity index (χ2n) is 4.28. The molecule has 0 saturated carbocycles. The van der Waals surface area contributed by atoms with E-state index in [1.165, 1.54) is 17.4 Å². The molecule has 0 N–H and O–H groups in total. The summed E-state index contributed by atoms with van der Waals surface area (Å²) >= 11 is 1.32. The molecule has 0 fully saturated rings. The van der Waals surface area contributed by atoms with Gasteiger partial charge in [0, 0.05) is 36.4 Å². The van der Waals surface area contributed by atoms with Gasteiger partial charge in [0.05, 0.1) is 11.5 Å². The molecule has 0 aliphatic carbocycles. The average molecular weight is 281 g/mol. The van der Waals surface area contributed by atoms with Crippen LogP contribution in [0.1, 0.15) is 22.2 Å². The van der Waals surface area contributed by atoms with Gasteiger partial charge in [-0.3, -0.25) is 4.79 Å². The summed E-state index contributed by atoms with van der Waals surface area (Å²) in [4.78, 5) is 14.5. The van der Waals surface area contributed by atoms with E-state index in [1.807, 2.05) is 13.0 Å². The lowest BCUT2D eigenvalue weighted by molar-refractivity contribution is 0.0803. The van der Waals surface area contributed by atoms with Crippen molar-refractivity contribution in [3.8, 4) is 0 Å². The van der Waals surface area contributed by atoms with Gasteiger partial charge in [0.1, 0.15) is 5.82 Å². The molecule has 1 aromatic heterocycles. The van der Waals surface area contributed by atoms with Crippen LogP contribution in [0.5, 0.6) is 0 Å². The number of halogens is 1. The number of carbonyl (C=O) groups is 1. The molecule has 0 bridgehead atoms. The van der Waals surface area contributed by atoms with E-state index >= 15 is 0 Å². The fourth-order valence-electron chi connectivity index (χ4n) is 1.94. The van der Waals surface area contributed by atoms with Gasteiger partial charge in [-0.15, -0.1) is 11.3 Å². The Balaban J connectivity index is 2.63. The van der Waals surface area contributed by atoms with Gasteiger partial charge >= 0.3 is 0 Å². The van der Waals surface area contributed by atoms with Crippen LogP contribution in [0.25, 0.3) is 10.1 Å². The minimum atomic E-state index is -0.306. The summed E-state index contributed by atoms with van der Waals surface area (Å²) in [6.07, 6.45) is 0. The normalized spacial score (nSPS) is 10.9. The molecule has 5 heteroatoms. The van der Waals surface area contributed by atoms with Crippen molar-refractivity contribution in [3.05, 3.63) is 34.5 Å². The summed E-state index contributed by atoms with van der Waals surface area (Å²) in [5.74, 6) is -0.394. The number of benzene rings is 1. The van der Waals surface area contributed by atoms with Gasteiger partial charge < -0.3 is 9.64 Å². The molecule has 3 nitrogen and oxygen atoms in total. The summed E-state index contributed by atoms with van der Waals surface area (Å²) in [6, 6.07) is 4.89. The maximum atomic E-state index is 14.0. The van der Waals surface area contributed by atoms with Crippen molar-refractivity contribution >= 4 is 27.3 Å². The van der Waals surface area contributed by atoms with Crippen LogP contribution in [0.4, 0.5) is 4.39 Å². The van der Waals surface area contributed by atoms with Crippen molar-refractivity contribution in [2.75, 3.05) is 20.7 Å². The van der Waals surface area contributed by atoms with Crippen LogP contribution < -0.4 is 0 Å². The Morgan fingerprint density at radius 1 is 1.47 bits per heavy atom. The minimum Gasteiger partial charge on any atom is -0.380 e. The number of nitrogens with zero attached hydrogens (tertiary/aromatic N) is 1. The zero-order chi connectivity index (χ0) is 14.0. The fourth-order valence-corrected chi connectivity index (χ4v) is 3.16. The summed E-state index contributed by atoms with van der Waals surface area (Å²) in [7, 11) is 3.28. The first kappa shape index (κ1) is 14.0. The highest BCUT2D eigenvalue weighted by Gasteiger charge is 2.22.